The van der Waals surface area contributed by atoms with E-state index >= 15 is 0 Å². The fourth-order valence-electron chi connectivity index (χ4n) is 2.07. The van der Waals surface area contributed by atoms with Gasteiger partial charge in [0.1, 0.15) is 5.82 Å². The number of Topliss-reactive ketones (excluding diaryl/α,β-unsaturated/α-hetero) is 1. The zero-order chi connectivity index (χ0) is 13.2. The van der Waals surface area contributed by atoms with E-state index in [0.29, 0.717) is 17.8 Å². The highest BCUT2D eigenvalue weighted by Crippen LogP contribution is 2.14. The lowest BCUT2D eigenvalue weighted by molar-refractivity contribution is 0.0980. The second-order valence-electron chi connectivity index (χ2n) is 4.85. The normalized spacial score (nSPS) is 10.7. The molecule has 4 heteroatoms. The topological polar surface area (TPSA) is 71.8 Å². The summed E-state index contributed by atoms with van der Waals surface area (Å²) in [5.41, 5.74) is 6.14. The summed E-state index contributed by atoms with van der Waals surface area (Å²) in [6.07, 6.45) is 12.0. The Morgan fingerprint density at radius 2 is 1.78 bits per heavy atom. The maximum Gasteiger partial charge on any atom is 0.168 e. The smallest absolute Gasteiger partial charge is 0.168 e. The standard InChI is InChI=1S/C14H25N3O/c1-2-3-4-5-6-7-8-9-10-13(18)12-11-16-17-14(12)15/h11H,2-10H2,1H3,(H3,15,16,17). The summed E-state index contributed by atoms with van der Waals surface area (Å²) in [4.78, 5) is 11.8. The minimum atomic E-state index is 0.104. The Morgan fingerprint density at radius 1 is 1.17 bits per heavy atom. The predicted octanol–water partition coefficient (Wildman–Crippen LogP) is 3.71. The first-order valence-electron chi connectivity index (χ1n) is 7.07. The number of hydrogen-bond acceptors (Lipinski definition) is 3. The number of unbranched alkanes of at least 4 members (excludes halogenated alkanes) is 7. The number of aromatic amines is 1. The van der Waals surface area contributed by atoms with Crippen LogP contribution >= 0.6 is 0 Å². The van der Waals surface area contributed by atoms with Crippen molar-refractivity contribution < 1.29 is 4.79 Å². The van der Waals surface area contributed by atoms with Crippen molar-refractivity contribution in [1.29, 1.82) is 0 Å². The lowest BCUT2D eigenvalue weighted by atomic mass is 10.0. The largest absolute Gasteiger partial charge is 0.383 e. The molecule has 1 aromatic heterocycles. The van der Waals surface area contributed by atoms with E-state index in [-0.39, 0.29) is 5.78 Å². The van der Waals surface area contributed by atoms with E-state index in [1.54, 1.807) is 0 Å². The van der Waals surface area contributed by atoms with Gasteiger partial charge in [0, 0.05) is 6.42 Å². The SMILES string of the molecule is CCCCCCCCCCC(=O)c1cn[nH]c1N. The number of hydrogen-bond donors (Lipinski definition) is 2. The van der Waals surface area contributed by atoms with Crippen molar-refractivity contribution in [3.63, 3.8) is 0 Å². The summed E-state index contributed by atoms with van der Waals surface area (Å²) >= 11 is 0. The molecule has 0 aliphatic rings. The summed E-state index contributed by atoms with van der Waals surface area (Å²) in [7, 11) is 0. The first kappa shape index (κ1) is 14.7. The monoisotopic (exact) mass is 251 g/mol. The Bertz CT molecular complexity index is 347. The number of nitrogen functional groups attached to an aromatic ring is 1. The first-order chi connectivity index (χ1) is 8.75. The van der Waals surface area contributed by atoms with E-state index in [9.17, 15) is 4.79 Å². The number of rotatable bonds is 10. The molecule has 0 unspecified atom stereocenters. The van der Waals surface area contributed by atoms with Gasteiger partial charge in [-0.15, -0.1) is 0 Å². The van der Waals surface area contributed by atoms with Crippen LogP contribution in [-0.4, -0.2) is 16.0 Å². The van der Waals surface area contributed by atoms with E-state index in [4.69, 9.17) is 5.73 Å². The van der Waals surface area contributed by atoms with Gasteiger partial charge in [-0.05, 0) is 6.42 Å². The van der Waals surface area contributed by atoms with Gasteiger partial charge in [-0.1, -0.05) is 51.9 Å². The average Bonchev–Trinajstić information content (AvgIpc) is 2.79. The zero-order valence-corrected chi connectivity index (χ0v) is 11.4. The van der Waals surface area contributed by atoms with Gasteiger partial charge in [0.15, 0.2) is 5.78 Å². The number of carbonyl (C=O) groups is 1. The molecule has 0 atom stereocenters. The Hall–Kier alpha value is -1.32. The van der Waals surface area contributed by atoms with Gasteiger partial charge in [0.25, 0.3) is 0 Å². The molecule has 0 saturated carbocycles. The third-order valence-corrected chi connectivity index (χ3v) is 3.23. The summed E-state index contributed by atoms with van der Waals surface area (Å²) in [6, 6.07) is 0. The van der Waals surface area contributed by atoms with Crippen molar-refractivity contribution >= 4 is 11.6 Å². The highest BCUT2D eigenvalue weighted by molar-refractivity contribution is 5.99. The molecule has 0 aromatic carbocycles. The van der Waals surface area contributed by atoms with Crippen LogP contribution in [-0.2, 0) is 0 Å². The molecule has 0 radical (unpaired) electrons. The number of ketones is 1. The molecule has 0 bridgehead atoms. The molecule has 1 aromatic rings. The maximum absolute atomic E-state index is 11.8. The van der Waals surface area contributed by atoms with Crippen LogP contribution in [0.4, 0.5) is 5.82 Å². The van der Waals surface area contributed by atoms with Gasteiger partial charge in [0.2, 0.25) is 0 Å². The van der Waals surface area contributed by atoms with Gasteiger partial charge in [-0.25, -0.2) is 0 Å². The molecule has 102 valence electrons. The third kappa shape index (κ3) is 5.34. The van der Waals surface area contributed by atoms with Crippen molar-refractivity contribution in [3.8, 4) is 0 Å². The molecular formula is C14H25N3O. The molecule has 18 heavy (non-hydrogen) atoms. The fraction of sp³-hybridized carbons (Fsp3) is 0.714. The van der Waals surface area contributed by atoms with Gasteiger partial charge < -0.3 is 5.73 Å². The van der Waals surface area contributed by atoms with E-state index in [0.717, 1.165) is 12.8 Å². The van der Waals surface area contributed by atoms with Crippen molar-refractivity contribution in [3.05, 3.63) is 11.8 Å². The van der Waals surface area contributed by atoms with Crippen LogP contribution in [0.15, 0.2) is 6.20 Å². The Balaban J connectivity index is 2.01. The molecule has 0 spiro atoms. The van der Waals surface area contributed by atoms with Crippen LogP contribution in [0.5, 0.6) is 0 Å². The second kappa shape index (κ2) is 8.72. The number of carbonyl (C=O) groups excluding carboxylic acids is 1. The van der Waals surface area contributed by atoms with Crippen molar-refractivity contribution in [2.45, 2.75) is 64.7 Å². The van der Waals surface area contributed by atoms with Crippen LogP contribution in [0.3, 0.4) is 0 Å². The molecule has 1 heterocycles. The Labute approximate surface area is 109 Å². The summed E-state index contributed by atoms with van der Waals surface area (Å²) in [5, 5.41) is 6.34. The van der Waals surface area contributed by atoms with Crippen molar-refractivity contribution in [1.82, 2.24) is 10.2 Å². The number of nitrogens with one attached hydrogen (secondary N) is 1. The van der Waals surface area contributed by atoms with E-state index in [2.05, 4.69) is 17.1 Å². The van der Waals surface area contributed by atoms with Crippen molar-refractivity contribution in [2.75, 3.05) is 5.73 Å². The van der Waals surface area contributed by atoms with Crippen molar-refractivity contribution in [2.24, 2.45) is 0 Å². The van der Waals surface area contributed by atoms with Crippen LogP contribution in [0.2, 0.25) is 0 Å². The van der Waals surface area contributed by atoms with E-state index < -0.39 is 0 Å². The van der Waals surface area contributed by atoms with Crippen LogP contribution in [0.25, 0.3) is 0 Å². The fourth-order valence-corrected chi connectivity index (χ4v) is 2.07. The van der Waals surface area contributed by atoms with Crippen LogP contribution in [0, 0.1) is 0 Å². The minimum absolute atomic E-state index is 0.104. The maximum atomic E-state index is 11.8. The van der Waals surface area contributed by atoms with E-state index in [1.807, 2.05) is 0 Å². The molecule has 3 N–H and O–H groups in total. The van der Waals surface area contributed by atoms with Gasteiger partial charge in [-0.3, -0.25) is 9.89 Å². The molecular weight excluding hydrogens is 226 g/mol. The minimum Gasteiger partial charge on any atom is -0.383 e. The summed E-state index contributed by atoms with van der Waals surface area (Å²) < 4.78 is 0. The van der Waals surface area contributed by atoms with Crippen LogP contribution < -0.4 is 5.73 Å². The number of nitrogens with zero attached hydrogens (tertiary/aromatic N) is 1. The molecule has 0 fully saturated rings. The quantitative estimate of drug-likeness (QED) is 0.492. The Morgan fingerprint density at radius 3 is 2.33 bits per heavy atom. The number of nitrogens with two attached hydrogens (primary N) is 1. The first-order valence-corrected chi connectivity index (χ1v) is 7.07. The molecule has 0 amide bonds. The third-order valence-electron chi connectivity index (χ3n) is 3.23. The number of anilines is 1. The van der Waals surface area contributed by atoms with Gasteiger partial charge in [-0.2, -0.15) is 5.10 Å². The highest BCUT2D eigenvalue weighted by atomic mass is 16.1. The molecule has 0 aliphatic carbocycles. The summed E-state index contributed by atoms with van der Waals surface area (Å²) in [5.74, 6) is 0.492. The van der Waals surface area contributed by atoms with Crippen LogP contribution in [0.1, 0.15) is 75.1 Å². The molecule has 0 aliphatic heterocycles. The molecule has 4 nitrogen and oxygen atoms in total. The second-order valence-corrected chi connectivity index (χ2v) is 4.85. The number of aromatic nitrogens is 2. The van der Waals surface area contributed by atoms with Gasteiger partial charge >= 0.3 is 0 Å². The number of H-pyrrole nitrogens is 1. The molecule has 1 rings (SSSR count). The Kier molecular flexibility index (Phi) is 7.14. The average molecular weight is 251 g/mol. The lowest BCUT2D eigenvalue weighted by Gasteiger charge is -2.01. The highest BCUT2D eigenvalue weighted by Gasteiger charge is 2.10. The van der Waals surface area contributed by atoms with E-state index in [1.165, 1.54) is 44.7 Å². The molecule has 0 saturated heterocycles. The lowest BCUT2D eigenvalue weighted by Crippen LogP contribution is -2.01. The summed E-state index contributed by atoms with van der Waals surface area (Å²) in [6.45, 7) is 2.23. The zero-order valence-electron chi connectivity index (χ0n) is 11.4. The predicted molar refractivity (Wildman–Crippen MR) is 74.6 cm³/mol. The van der Waals surface area contributed by atoms with Gasteiger partial charge in [0.05, 0.1) is 11.8 Å².